The Morgan fingerprint density at radius 1 is 0.189 bits per heavy atom. The monoisotopic (exact) mass is 1180 g/mol. The molecule has 0 radical (unpaired) electrons. The van der Waals surface area contributed by atoms with Gasteiger partial charge in [0.25, 0.3) is 0 Å². The highest BCUT2D eigenvalue weighted by molar-refractivity contribution is 7.26. The Morgan fingerprint density at radius 3 is 0.967 bits per heavy atom. The zero-order valence-electron chi connectivity index (χ0n) is 48.9. The van der Waals surface area contributed by atoms with Crippen molar-refractivity contribution in [2.45, 2.75) is 0 Å². The lowest BCUT2D eigenvalue weighted by molar-refractivity contribution is 1.30. The van der Waals surface area contributed by atoms with E-state index in [4.69, 9.17) is 0 Å². The minimum absolute atomic E-state index is 1.07. The van der Waals surface area contributed by atoms with E-state index in [9.17, 15) is 0 Å². The van der Waals surface area contributed by atoms with Crippen LogP contribution in [0.25, 0.3) is 139 Å². The minimum atomic E-state index is 1.07. The maximum absolute atomic E-state index is 2.50. The first-order valence-electron chi connectivity index (χ1n) is 30.8. The molecule has 0 saturated heterocycles. The predicted octanol–water partition coefficient (Wildman–Crippen LogP) is 25.8. The van der Waals surface area contributed by atoms with Gasteiger partial charge in [0, 0.05) is 73.9 Å². The average molecular weight is 1180 g/mol. The van der Waals surface area contributed by atoms with Gasteiger partial charge in [-0.05, 0) is 160 Å². The number of thiophene rings is 2. The molecule has 0 fully saturated rings. The molecule has 0 atom stereocenters. The van der Waals surface area contributed by atoms with Gasteiger partial charge >= 0.3 is 0 Å². The van der Waals surface area contributed by atoms with Gasteiger partial charge in [0.2, 0.25) is 0 Å². The van der Waals surface area contributed by atoms with Gasteiger partial charge in [0.05, 0.1) is 11.4 Å². The highest BCUT2D eigenvalue weighted by atomic mass is 32.1. The first kappa shape index (κ1) is 52.0. The summed E-state index contributed by atoms with van der Waals surface area (Å²) in [5.74, 6) is 0. The Bertz CT molecular complexity index is 5500. The van der Waals surface area contributed by atoms with Crippen LogP contribution >= 0.6 is 22.7 Å². The number of benzene rings is 16. The van der Waals surface area contributed by atoms with Gasteiger partial charge in [-0.15, -0.1) is 22.7 Å². The molecule has 0 aliphatic rings. The third kappa shape index (κ3) is 8.59. The normalized spacial score (nSPS) is 11.8. The summed E-state index contributed by atoms with van der Waals surface area (Å²) >= 11 is 3.76. The quantitative estimate of drug-likeness (QED) is 0.126. The molecule has 0 amide bonds. The molecule has 4 heteroatoms. The Labute approximate surface area is 529 Å². The molecule has 18 aromatic rings. The van der Waals surface area contributed by atoms with E-state index in [1.165, 1.54) is 128 Å². The van der Waals surface area contributed by atoms with Crippen LogP contribution in [0.15, 0.2) is 328 Å². The Kier molecular flexibility index (Phi) is 12.3. The maximum Gasteiger partial charge on any atom is 0.0546 e. The van der Waals surface area contributed by atoms with Crippen molar-refractivity contribution in [1.82, 2.24) is 0 Å². The summed E-state index contributed by atoms with van der Waals surface area (Å²) in [4.78, 5) is 5.00. The first-order chi connectivity index (χ1) is 44.6. The summed E-state index contributed by atoms with van der Waals surface area (Å²) in [5.41, 5.74) is 16.2. The molecule has 420 valence electrons. The van der Waals surface area contributed by atoms with Crippen molar-refractivity contribution < 1.29 is 0 Å². The maximum atomic E-state index is 2.50. The van der Waals surface area contributed by atoms with Gasteiger partial charge < -0.3 is 9.80 Å². The second-order valence-corrected chi connectivity index (χ2v) is 25.6. The van der Waals surface area contributed by atoms with Crippen molar-refractivity contribution in [3.8, 4) is 44.5 Å². The third-order valence-corrected chi connectivity index (χ3v) is 20.9. The van der Waals surface area contributed by atoms with Crippen molar-refractivity contribution in [2.75, 3.05) is 9.80 Å². The van der Waals surface area contributed by atoms with Gasteiger partial charge in [-0.25, -0.2) is 0 Å². The average Bonchev–Trinajstić information content (AvgIpc) is 1.10. The number of rotatable bonds is 10. The molecule has 0 spiro atoms. The van der Waals surface area contributed by atoms with E-state index in [0.29, 0.717) is 0 Å². The van der Waals surface area contributed by atoms with Crippen molar-refractivity contribution in [2.24, 2.45) is 0 Å². The highest BCUT2D eigenvalue weighted by Crippen LogP contribution is 2.51. The molecular weight excluding hydrogens is 1130 g/mol. The van der Waals surface area contributed by atoms with Gasteiger partial charge in [-0.3, -0.25) is 0 Å². The third-order valence-electron chi connectivity index (χ3n) is 18.4. The number of hydrogen-bond donors (Lipinski definition) is 0. The van der Waals surface area contributed by atoms with E-state index in [1.54, 1.807) is 0 Å². The molecular formula is C86H54N2S2. The predicted molar refractivity (Wildman–Crippen MR) is 391 cm³/mol. The summed E-state index contributed by atoms with van der Waals surface area (Å²) in [5, 5.41) is 17.2. The Balaban J connectivity index is 0.850. The SMILES string of the molecule is c1cc(-c2cccc3c2sc2ccccc23)cc(N(c2ccc(-c3cccc4ccccc34)cc2)c2cc3c4ccccc4c(N(c4ccc(-c5cccc6ccccc56)cc4)c4cccc(-c5cccc6c5sc5ccccc56)c4)cc3c3ccccc23)c1. The standard InChI is InChI=1S/C86H54N2S2/c1-3-27-65-55(19-1)21-15-35-67(65)57-43-47-61(48-44-57)87(63-25-13-23-59(51-63)69-37-17-39-77-75-33-9-11-41-83(75)89-85(69)77)81-53-79-72-30-6-8-32-74(72)82(54-80(79)71-29-5-7-31-73(71)81)88(62-49-45-58(46-50-62)68-36-16-22-56-20-2-4-28-66(56)68)64-26-14-24-60(52-64)70-38-18-40-78-76-34-10-12-42-84(76)90-86(70)78/h1-54H. The fraction of sp³-hybridized carbons (Fsp3) is 0. The second-order valence-electron chi connectivity index (χ2n) is 23.5. The van der Waals surface area contributed by atoms with Crippen LogP contribution in [0, 0.1) is 0 Å². The smallest absolute Gasteiger partial charge is 0.0546 e. The van der Waals surface area contributed by atoms with Crippen molar-refractivity contribution >= 4 is 151 Å². The molecule has 2 nitrogen and oxygen atoms in total. The number of nitrogens with zero attached hydrogens (tertiary/aromatic N) is 2. The van der Waals surface area contributed by atoms with E-state index in [0.717, 1.165) is 44.9 Å². The molecule has 2 aromatic heterocycles. The summed E-state index contributed by atoms with van der Waals surface area (Å²) in [7, 11) is 0. The van der Waals surface area contributed by atoms with Gasteiger partial charge in [-0.2, -0.15) is 0 Å². The second kappa shape index (κ2) is 21.3. The molecule has 90 heavy (non-hydrogen) atoms. The zero-order chi connectivity index (χ0) is 59.2. The topological polar surface area (TPSA) is 6.48 Å². The molecule has 2 heterocycles. The van der Waals surface area contributed by atoms with Crippen LogP contribution in [0.5, 0.6) is 0 Å². The molecule has 0 aliphatic heterocycles. The lowest BCUT2D eigenvalue weighted by Crippen LogP contribution is -2.12. The van der Waals surface area contributed by atoms with Crippen LogP contribution in [-0.4, -0.2) is 0 Å². The lowest BCUT2D eigenvalue weighted by atomic mass is 9.93. The molecule has 0 bridgehead atoms. The van der Waals surface area contributed by atoms with Crippen LogP contribution in [0.4, 0.5) is 34.1 Å². The van der Waals surface area contributed by atoms with Crippen LogP contribution in [0.3, 0.4) is 0 Å². The molecule has 0 N–H and O–H groups in total. The molecule has 0 aliphatic carbocycles. The van der Waals surface area contributed by atoms with Crippen LogP contribution in [0.1, 0.15) is 0 Å². The largest absolute Gasteiger partial charge is 0.310 e. The van der Waals surface area contributed by atoms with E-state index < -0.39 is 0 Å². The molecule has 18 rings (SSSR count). The Morgan fingerprint density at radius 2 is 0.522 bits per heavy atom. The van der Waals surface area contributed by atoms with Gasteiger partial charge in [-0.1, -0.05) is 255 Å². The van der Waals surface area contributed by atoms with Crippen LogP contribution < -0.4 is 9.80 Å². The van der Waals surface area contributed by atoms with Gasteiger partial charge in [0.1, 0.15) is 0 Å². The summed E-state index contributed by atoms with van der Waals surface area (Å²) in [6, 6.07) is 122. The van der Waals surface area contributed by atoms with Crippen molar-refractivity contribution in [3.05, 3.63) is 328 Å². The van der Waals surface area contributed by atoms with Crippen molar-refractivity contribution in [3.63, 3.8) is 0 Å². The summed E-state index contributed by atoms with van der Waals surface area (Å²) < 4.78 is 5.20. The highest BCUT2D eigenvalue weighted by Gasteiger charge is 2.24. The van der Waals surface area contributed by atoms with E-state index in [-0.39, 0.29) is 0 Å². The lowest BCUT2D eigenvalue weighted by Gasteiger charge is -2.30. The van der Waals surface area contributed by atoms with Crippen molar-refractivity contribution in [1.29, 1.82) is 0 Å². The minimum Gasteiger partial charge on any atom is -0.310 e. The van der Waals surface area contributed by atoms with Crippen LogP contribution in [-0.2, 0) is 0 Å². The van der Waals surface area contributed by atoms with Crippen LogP contribution in [0.2, 0.25) is 0 Å². The summed E-state index contributed by atoms with van der Waals surface area (Å²) in [6.45, 7) is 0. The number of fused-ring (bicyclic) bond motifs is 13. The summed E-state index contributed by atoms with van der Waals surface area (Å²) in [6.07, 6.45) is 0. The fourth-order valence-electron chi connectivity index (χ4n) is 14.2. The van der Waals surface area contributed by atoms with E-state index in [1.807, 2.05) is 22.7 Å². The number of hydrogen-bond acceptors (Lipinski definition) is 4. The number of anilines is 6. The fourth-order valence-corrected chi connectivity index (χ4v) is 16.7. The van der Waals surface area contributed by atoms with Gasteiger partial charge in [0.15, 0.2) is 0 Å². The Hall–Kier alpha value is -11.1. The van der Waals surface area contributed by atoms with E-state index in [2.05, 4.69) is 337 Å². The zero-order valence-corrected chi connectivity index (χ0v) is 50.5. The molecule has 0 saturated carbocycles. The van der Waals surface area contributed by atoms with E-state index >= 15 is 0 Å². The molecule has 16 aromatic carbocycles. The molecule has 0 unspecified atom stereocenters. The first-order valence-corrected chi connectivity index (χ1v) is 32.4.